The van der Waals surface area contributed by atoms with Gasteiger partial charge in [0.1, 0.15) is 0 Å². The summed E-state index contributed by atoms with van der Waals surface area (Å²) in [5, 5.41) is 7.90. The van der Waals surface area contributed by atoms with Gasteiger partial charge in [0.2, 0.25) is 12.7 Å². The van der Waals surface area contributed by atoms with Crippen LogP contribution in [0.5, 0.6) is 11.5 Å². The molecule has 2 heterocycles. The van der Waals surface area contributed by atoms with Crippen LogP contribution in [0.4, 0.5) is 5.13 Å². The molecule has 8 heteroatoms. The van der Waals surface area contributed by atoms with Crippen molar-refractivity contribution < 1.29 is 19.1 Å². The number of fused-ring (bicyclic) bond motifs is 1. The third kappa shape index (κ3) is 3.33. The second kappa shape index (κ2) is 6.12. The van der Waals surface area contributed by atoms with E-state index in [0.717, 1.165) is 12.8 Å². The molecule has 24 heavy (non-hydrogen) atoms. The van der Waals surface area contributed by atoms with E-state index in [-0.39, 0.29) is 25.0 Å². The van der Waals surface area contributed by atoms with Gasteiger partial charge in [0.25, 0.3) is 5.91 Å². The average Bonchev–Trinajstić information content (AvgIpc) is 3.08. The van der Waals surface area contributed by atoms with Crippen LogP contribution in [0, 0.1) is 0 Å². The van der Waals surface area contributed by atoms with Crippen LogP contribution < -0.4 is 20.1 Å². The van der Waals surface area contributed by atoms with Crippen LogP contribution in [-0.4, -0.2) is 29.6 Å². The molecule has 0 bridgehead atoms. The summed E-state index contributed by atoms with van der Waals surface area (Å²) in [6.45, 7) is 0.166. The second-order valence-electron chi connectivity index (χ2n) is 5.68. The Labute approximate surface area is 142 Å². The molecule has 2 aromatic rings. The van der Waals surface area contributed by atoms with Gasteiger partial charge in [-0.1, -0.05) is 0 Å². The molecular weight excluding hydrogens is 330 g/mol. The number of amides is 2. The number of hydrogen-bond acceptors (Lipinski definition) is 6. The first-order chi connectivity index (χ1) is 11.7. The van der Waals surface area contributed by atoms with Gasteiger partial charge in [-0.2, -0.15) is 0 Å². The largest absolute Gasteiger partial charge is 0.454 e. The van der Waals surface area contributed by atoms with Crippen molar-refractivity contribution in [1.29, 1.82) is 0 Å². The first kappa shape index (κ1) is 14.9. The number of thiazole rings is 1. The summed E-state index contributed by atoms with van der Waals surface area (Å²) in [6.07, 6.45) is 2.34. The highest BCUT2D eigenvalue weighted by atomic mass is 32.1. The number of carbonyl (C=O) groups is 2. The first-order valence-corrected chi connectivity index (χ1v) is 8.50. The van der Waals surface area contributed by atoms with E-state index in [1.54, 1.807) is 23.6 Å². The summed E-state index contributed by atoms with van der Waals surface area (Å²) in [5.41, 5.74) is 1.11. The minimum Gasteiger partial charge on any atom is -0.454 e. The summed E-state index contributed by atoms with van der Waals surface area (Å²) in [5.74, 6) is 0.872. The number of ether oxygens (including phenoxy) is 2. The molecule has 1 aliphatic carbocycles. The van der Waals surface area contributed by atoms with Gasteiger partial charge in [0.05, 0.1) is 12.1 Å². The topological polar surface area (TPSA) is 89.6 Å². The highest BCUT2D eigenvalue weighted by Crippen LogP contribution is 2.32. The molecule has 2 aliphatic rings. The van der Waals surface area contributed by atoms with Gasteiger partial charge < -0.3 is 14.8 Å². The van der Waals surface area contributed by atoms with Gasteiger partial charge in [-0.15, -0.1) is 11.3 Å². The molecule has 7 nitrogen and oxygen atoms in total. The lowest BCUT2D eigenvalue weighted by Gasteiger charge is -2.03. The molecule has 0 atom stereocenters. The highest BCUT2D eigenvalue weighted by Gasteiger charge is 2.23. The Balaban J connectivity index is 1.38. The fourth-order valence-electron chi connectivity index (χ4n) is 2.32. The molecule has 0 radical (unpaired) electrons. The van der Waals surface area contributed by atoms with Crippen molar-refractivity contribution >= 4 is 28.3 Å². The van der Waals surface area contributed by atoms with Crippen LogP contribution in [0.15, 0.2) is 23.6 Å². The third-order valence-electron chi connectivity index (χ3n) is 3.69. The maximum absolute atomic E-state index is 12.3. The van der Waals surface area contributed by atoms with Gasteiger partial charge in [-0.3, -0.25) is 14.9 Å². The van der Waals surface area contributed by atoms with E-state index >= 15 is 0 Å². The van der Waals surface area contributed by atoms with Crippen molar-refractivity contribution in [3.63, 3.8) is 0 Å². The Morgan fingerprint density at radius 3 is 2.92 bits per heavy atom. The molecule has 1 saturated carbocycles. The highest BCUT2D eigenvalue weighted by molar-refractivity contribution is 7.14. The van der Waals surface area contributed by atoms with Crippen LogP contribution in [0.2, 0.25) is 0 Å². The third-order valence-corrected chi connectivity index (χ3v) is 4.50. The lowest BCUT2D eigenvalue weighted by Crippen LogP contribution is -2.27. The summed E-state index contributed by atoms with van der Waals surface area (Å²) < 4.78 is 10.5. The van der Waals surface area contributed by atoms with Crippen molar-refractivity contribution in [2.75, 3.05) is 12.1 Å². The lowest BCUT2D eigenvalue weighted by molar-refractivity contribution is -0.120. The number of benzene rings is 1. The maximum atomic E-state index is 12.3. The van der Waals surface area contributed by atoms with Crippen molar-refractivity contribution in [3.8, 4) is 11.5 Å². The van der Waals surface area contributed by atoms with E-state index < -0.39 is 0 Å². The first-order valence-electron chi connectivity index (χ1n) is 7.62. The zero-order chi connectivity index (χ0) is 16.5. The standard InChI is InChI=1S/C16H15N3O4S/c20-14(17-10-2-3-10)6-11-7-24-16(18-11)19-15(21)9-1-4-12-13(5-9)23-8-22-12/h1,4-5,7,10H,2-3,6,8H2,(H,17,20)(H,18,19,21). The number of nitrogens with one attached hydrogen (secondary N) is 2. The summed E-state index contributed by atoms with van der Waals surface area (Å²) in [6, 6.07) is 5.34. The van der Waals surface area contributed by atoms with Crippen molar-refractivity contribution in [1.82, 2.24) is 10.3 Å². The van der Waals surface area contributed by atoms with Gasteiger partial charge in [0, 0.05) is 17.0 Å². The zero-order valence-electron chi connectivity index (χ0n) is 12.7. The van der Waals surface area contributed by atoms with Gasteiger partial charge >= 0.3 is 0 Å². The van der Waals surface area contributed by atoms with Crippen molar-refractivity contribution in [2.45, 2.75) is 25.3 Å². The predicted molar refractivity (Wildman–Crippen MR) is 87.5 cm³/mol. The van der Waals surface area contributed by atoms with Crippen LogP contribution >= 0.6 is 11.3 Å². The Kier molecular flexibility index (Phi) is 3.81. The molecule has 1 fully saturated rings. The lowest BCUT2D eigenvalue weighted by atomic mass is 10.2. The minimum absolute atomic E-state index is 0.0311. The van der Waals surface area contributed by atoms with Crippen LogP contribution in [0.25, 0.3) is 0 Å². The van der Waals surface area contributed by atoms with E-state index in [0.29, 0.717) is 33.9 Å². The zero-order valence-corrected chi connectivity index (χ0v) is 13.5. The van der Waals surface area contributed by atoms with E-state index in [1.807, 2.05) is 0 Å². The minimum atomic E-state index is -0.281. The maximum Gasteiger partial charge on any atom is 0.257 e. The van der Waals surface area contributed by atoms with Gasteiger partial charge in [0.15, 0.2) is 16.6 Å². The number of carbonyl (C=O) groups excluding carboxylic acids is 2. The van der Waals surface area contributed by atoms with Crippen LogP contribution in [0.1, 0.15) is 28.9 Å². The summed E-state index contributed by atoms with van der Waals surface area (Å²) >= 11 is 1.30. The molecule has 1 aromatic carbocycles. The molecule has 0 spiro atoms. The number of nitrogens with zero attached hydrogens (tertiary/aromatic N) is 1. The summed E-state index contributed by atoms with van der Waals surface area (Å²) in [4.78, 5) is 28.3. The molecule has 0 unspecified atom stereocenters. The molecule has 4 rings (SSSR count). The Morgan fingerprint density at radius 1 is 1.25 bits per heavy atom. The van der Waals surface area contributed by atoms with E-state index in [2.05, 4.69) is 15.6 Å². The number of rotatable bonds is 5. The SMILES string of the molecule is O=C(Cc1csc(NC(=O)c2ccc3c(c2)OCO3)n1)NC1CC1. The Morgan fingerprint density at radius 2 is 2.08 bits per heavy atom. The molecule has 0 saturated heterocycles. The molecule has 2 N–H and O–H groups in total. The normalized spacial score (nSPS) is 15.2. The predicted octanol–water partition coefficient (Wildman–Crippen LogP) is 1.95. The molecule has 2 amide bonds. The number of hydrogen-bond donors (Lipinski definition) is 2. The number of anilines is 1. The Hall–Kier alpha value is -2.61. The molecule has 1 aliphatic heterocycles. The van der Waals surface area contributed by atoms with Crippen LogP contribution in [0.3, 0.4) is 0 Å². The smallest absolute Gasteiger partial charge is 0.257 e. The second-order valence-corrected chi connectivity index (χ2v) is 6.54. The molecule has 124 valence electrons. The average molecular weight is 345 g/mol. The monoisotopic (exact) mass is 345 g/mol. The number of aromatic nitrogens is 1. The van der Waals surface area contributed by atoms with Gasteiger partial charge in [-0.05, 0) is 31.0 Å². The van der Waals surface area contributed by atoms with Gasteiger partial charge in [-0.25, -0.2) is 4.98 Å². The molecular formula is C16H15N3O4S. The van der Waals surface area contributed by atoms with E-state index in [4.69, 9.17) is 9.47 Å². The summed E-state index contributed by atoms with van der Waals surface area (Å²) in [7, 11) is 0. The fraction of sp³-hybridized carbons (Fsp3) is 0.312. The van der Waals surface area contributed by atoms with Crippen molar-refractivity contribution in [3.05, 3.63) is 34.8 Å². The van der Waals surface area contributed by atoms with E-state index in [9.17, 15) is 9.59 Å². The molecule has 1 aromatic heterocycles. The Bertz CT molecular complexity index is 800. The quantitative estimate of drug-likeness (QED) is 0.864. The van der Waals surface area contributed by atoms with Crippen LogP contribution in [-0.2, 0) is 11.2 Å². The van der Waals surface area contributed by atoms with Crippen molar-refractivity contribution in [2.24, 2.45) is 0 Å². The fourth-order valence-corrected chi connectivity index (χ4v) is 3.03. The van der Waals surface area contributed by atoms with E-state index in [1.165, 1.54) is 11.3 Å².